The average molecular weight is 444 g/mol. The van der Waals surface area contributed by atoms with Crippen LogP contribution in [0.2, 0.25) is 0 Å². The van der Waals surface area contributed by atoms with Gasteiger partial charge in [0.05, 0.1) is 12.2 Å². The normalized spacial score (nSPS) is 24.1. The molecule has 0 aromatic heterocycles. The van der Waals surface area contributed by atoms with Gasteiger partial charge in [-0.3, -0.25) is 9.59 Å². The minimum Gasteiger partial charge on any atom is -0.462 e. The van der Waals surface area contributed by atoms with Gasteiger partial charge in [-0.15, -0.1) is 0 Å². The Balaban J connectivity index is 1.76. The number of hydrogen-bond donors (Lipinski definition) is 1. The molecule has 7 heteroatoms. The zero-order chi connectivity index (χ0) is 23.3. The smallest absolute Gasteiger partial charge is 0.341 e. The summed E-state index contributed by atoms with van der Waals surface area (Å²) in [4.78, 5) is 42.3. The number of likely N-dealkylation sites (N-methyl/N-ethyl adjacent to an activating group) is 1. The number of fused-ring (bicyclic) bond motifs is 3. The van der Waals surface area contributed by atoms with Crippen molar-refractivity contribution in [2.75, 3.05) is 18.6 Å². The summed E-state index contributed by atoms with van der Waals surface area (Å²) in [7, 11) is 1.63. The molecule has 168 valence electrons. The summed E-state index contributed by atoms with van der Waals surface area (Å²) in [5.74, 6) is -1.40. The third-order valence-corrected chi connectivity index (χ3v) is 6.70. The highest BCUT2D eigenvalue weighted by atomic mass is 16.5. The van der Waals surface area contributed by atoms with Crippen LogP contribution in [0, 0.1) is 0 Å². The first-order valence-electron chi connectivity index (χ1n) is 11.0. The van der Waals surface area contributed by atoms with Gasteiger partial charge in [-0.25, -0.2) is 4.79 Å². The van der Waals surface area contributed by atoms with E-state index < -0.39 is 17.3 Å². The molecule has 2 atom stereocenters. The van der Waals surface area contributed by atoms with Gasteiger partial charge in [0.15, 0.2) is 5.78 Å². The maximum absolute atomic E-state index is 13.9. The number of anilines is 1. The number of carbonyl (C=O) groups is 3. The number of allylic oxidation sites excluding steroid dienone is 1. The second-order valence-electron chi connectivity index (χ2n) is 8.43. The highest BCUT2D eigenvalue weighted by Gasteiger charge is 2.63. The number of ketones is 1. The second kappa shape index (κ2) is 7.62. The molecule has 0 radical (unpaired) electrons. The summed E-state index contributed by atoms with van der Waals surface area (Å²) < 4.78 is 11.2. The minimum atomic E-state index is -1.69. The largest absolute Gasteiger partial charge is 0.462 e. The number of para-hydroxylation sites is 1. The van der Waals surface area contributed by atoms with Gasteiger partial charge >= 0.3 is 5.97 Å². The van der Waals surface area contributed by atoms with Crippen LogP contribution in [0.5, 0.6) is 0 Å². The van der Waals surface area contributed by atoms with Crippen molar-refractivity contribution in [2.24, 2.45) is 5.73 Å². The summed E-state index contributed by atoms with van der Waals surface area (Å²) in [6.45, 7) is 1.76. The van der Waals surface area contributed by atoms with Crippen molar-refractivity contribution in [1.82, 2.24) is 0 Å². The number of nitrogens with two attached hydrogens (primary N) is 1. The zero-order valence-corrected chi connectivity index (χ0v) is 18.5. The zero-order valence-electron chi connectivity index (χ0n) is 18.5. The molecule has 1 aliphatic carbocycles. The molecule has 5 rings (SSSR count). The van der Waals surface area contributed by atoms with Crippen LogP contribution in [0.3, 0.4) is 0 Å². The second-order valence-corrected chi connectivity index (χ2v) is 8.43. The fourth-order valence-electron chi connectivity index (χ4n) is 5.34. The van der Waals surface area contributed by atoms with Crippen LogP contribution in [0.4, 0.5) is 5.69 Å². The number of Topliss-reactive ketones (excluding diaryl/α,β-unsaturated/α-hetero) is 1. The highest BCUT2D eigenvalue weighted by molar-refractivity contribution is 6.23. The molecular weight excluding hydrogens is 420 g/mol. The van der Waals surface area contributed by atoms with Crippen molar-refractivity contribution in [3.05, 3.63) is 88.5 Å². The fraction of sp³-hybridized carbons (Fsp3) is 0.269. The van der Waals surface area contributed by atoms with E-state index in [0.29, 0.717) is 23.4 Å². The standard InChI is InChI=1S/C26H24N2O5/c1-3-32-24(30)22-23(27)33-20-14-16(15-9-5-4-6-10-15)13-19(29)21(20)26(22)17-11-7-8-12-18(17)28(2)25(26)31/h4-12,16H,3,13-14,27H2,1-2H3/t16-,26-/m0/s1. The Kier molecular flexibility index (Phi) is 4.85. The Morgan fingerprint density at radius 3 is 2.55 bits per heavy atom. The molecule has 0 fully saturated rings. The van der Waals surface area contributed by atoms with Crippen molar-refractivity contribution in [1.29, 1.82) is 0 Å². The monoisotopic (exact) mass is 444 g/mol. The Labute approximate surface area is 191 Å². The molecule has 0 saturated carbocycles. The summed E-state index contributed by atoms with van der Waals surface area (Å²) in [6.07, 6.45) is 0.589. The van der Waals surface area contributed by atoms with Crippen molar-refractivity contribution in [3.8, 4) is 0 Å². The molecular formula is C26H24N2O5. The molecule has 2 N–H and O–H groups in total. The van der Waals surface area contributed by atoms with E-state index in [9.17, 15) is 14.4 Å². The van der Waals surface area contributed by atoms with Crippen molar-refractivity contribution >= 4 is 23.3 Å². The number of ether oxygens (including phenoxy) is 2. The molecule has 7 nitrogen and oxygen atoms in total. The molecule has 2 aromatic carbocycles. The maximum Gasteiger partial charge on any atom is 0.341 e. The van der Waals surface area contributed by atoms with E-state index in [-0.39, 0.29) is 41.8 Å². The van der Waals surface area contributed by atoms with Gasteiger partial charge in [0.25, 0.3) is 0 Å². The highest BCUT2D eigenvalue weighted by Crippen LogP contribution is 2.56. The van der Waals surface area contributed by atoms with Gasteiger partial charge in [0.1, 0.15) is 16.7 Å². The molecule has 2 heterocycles. The lowest BCUT2D eigenvalue weighted by Gasteiger charge is -2.40. The van der Waals surface area contributed by atoms with Crippen LogP contribution in [-0.4, -0.2) is 31.3 Å². The van der Waals surface area contributed by atoms with Gasteiger partial charge in [-0.1, -0.05) is 48.5 Å². The van der Waals surface area contributed by atoms with E-state index in [1.807, 2.05) is 36.4 Å². The molecule has 1 spiro atoms. The number of hydrogen-bond acceptors (Lipinski definition) is 6. The number of rotatable bonds is 3. The van der Waals surface area contributed by atoms with Gasteiger partial charge in [-0.05, 0) is 24.5 Å². The third-order valence-electron chi connectivity index (χ3n) is 6.70. The van der Waals surface area contributed by atoms with Crippen molar-refractivity contribution < 1.29 is 23.9 Å². The summed E-state index contributed by atoms with van der Waals surface area (Å²) in [5, 5.41) is 0. The topological polar surface area (TPSA) is 98.9 Å². The lowest BCUT2D eigenvalue weighted by Crippen LogP contribution is -2.51. The third kappa shape index (κ3) is 2.85. The van der Waals surface area contributed by atoms with E-state index >= 15 is 0 Å². The summed E-state index contributed by atoms with van der Waals surface area (Å²) in [6, 6.07) is 16.8. The molecule has 3 aliphatic rings. The van der Waals surface area contributed by atoms with Gasteiger partial charge in [-0.2, -0.15) is 0 Å². The Morgan fingerprint density at radius 1 is 1.12 bits per heavy atom. The van der Waals surface area contributed by atoms with E-state index in [1.54, 1.807) is 32.2 Å². The van der Waals surface area contributed by atoms with E-state index in [2.05, 4.69) is 0 Å². The van der Waals surface area contributed by atoms with Crippen LogP contribution in [0.25, 0.3) is 0 Å². The van der Waals surface area contributed by atoms with Crippen LogP contribution >= 0.6 is 0 Å². The van der Waals surface area contributed by atoms with E-state index in [0.717, 1.165) is 5.56 Å². The Morgan fingerprint density at radius 2 is 1.82 bits per heavy atom. The van der Waals surface area contributed by atoms with E-state index in [4.69, 9.17) is 15.2 Å². The number of carbonyl (C=O) groups excluding carboxylic acids is 3. The SMILES string of the molecule is CCOC(=O)C1=C(N)OC2=C(C(=O)C[C@H](c3ccccc3)C2)[C@]12C(=O)N(C)c1ccccc12. The first-order chi connectivity index (χ1) is 15.9. The van der Waals surface area contributed by atoms with Gasteiger partial charge < -0.3 is 20.1 Å². The van der Waals surface area contributed by atoms with Crippen LogP contribution in [-0.2, 0) is 29.3 Å². The molecule has 0 saturated heterocycles. The Hall–Kier alpha value is -3.87. The van der Waals surface area contributed by atoms with Crippen LogP contribution in [0.15, 0.2) is 77.4 Å². The average Bonchev–Trinajstić information content (AvgIpc) is 3.02. The predicted octanol–water partition coefficient (Wildman–Crippen LogP) is 3.07. The molecule has 1 amide bonds. The quantitative estimate of drug-likeness (QED) is 0.731. The molecule has 33 heavy (non-hydrogen) atoms. The minimum absolute atomic E-state index is 0.0906. The molecule has 2 aromatic rings. The lowest BCUT2D eigenvalue weighted by molar-refractivity contribution is -0.141. The summed E-state index contributed by atoms with van der Waals surface area (Å²) >= 11 is 0. The fourth-order valence-corrected chi connectivity index (χ4v) is 5.34. The van der Waals surface area contributed by atoms with Gasteiger partial charge in [0.2, 0.25) is 11.8 Å². The molecule has 0 bridgehead atoms. The maximum atomic E-state index is 13.9. The van der Waals surface area contributed by atoms with E-state index in [1.165, 1.54) is 4.90 Å². The van der Waals surface area contributed by atoms with Crippen LogP contribution < -0.4 is 10.6 Å². The van der Waals surface area contributed by atoms with Gasteiger partial charge in [0, 0.05) is 31.1 Å². The first kappa shape index (κ1) is 21.0. The van der Waals surface area contributed by atoms with Crippen molar-refractivity contribution in [3.63, 3.8) is 0 Å². The molecule has 2 aliphatic heterocycles. The number of esters is 1. The number of nitrogens with zero attached hydrogens (tertiary/aromatic N) is 1. The lowest BCUT2D eigenvalue weighted by atomic mass is 9.63. The number of benzene rings is 2. The Bertz CT molecular complexity index is 1250. The molecule has 0 unspecified atom stereocenters. The summed E-state index contributed by atoms with van der Waals surface area (Å²) in [5.41, 5.74) is 6.83. The van der Waals surface area contributed by atoms with Crippen molar-refractivity contribution in [2.45, 2.75) is 31.1 Å². The first-order valence-corrected chi connectivity index (χ1v) is 11.0. The van der Waals surface area contributed by atoms with Crippen LogP contribution in [0.1, 0.15) is 36.8 Å². The number of amides is 1. The predicted molar refractivity (Wildman–Crippen MR) is 121 cm³/mol.